The van der Waals surface area contributed by atoms with Crippen LogP contribution >= 0.6 is 11.3 Å². The third kappa shape index (κ3) is 3.67. The van der Waals surface area contributed by atoms with Crippen LogP contribution in [0, 0.1) is 6.92 Å². The third-order valence-electron chi connectivity index (χ3n) is 3.52. The molecular formula is C15H23N3S. The summed E-state index contributed by atoms with van der Waals surface area (Å²) in [4.78, 5) is 0. The number of hydrogen-bond donors (Lipinski definition) is 1. The standard InChI is InChI=1S/C15H23N3S/c1-4-8-16-15(14-11-19-10-12(14)2)6-5-13-7-9-17-18(13)3/h7,9-11,15-16H,4-6,8H2,1-3H3. The molecule has 0 saturated heterocycles. The van der Waals surface area contributed by atoms with Crippen LogP contribution in [-0.2, 0) is 13.5 Å². The minimum absolute atomic E-state index is 0.459. The Balaban J connectivity index is 2.02. The number of aryl methyl sites for hydroxylation is 3. The molecule has 2 aromatic heterocycles. The van der Waals surface area contributed by atoms with E-state index in [-0.39, 0.29) is 0 Å². The highest BCUT2D eigenvalue weighted by Crippen LogP contribution is 2.25. The molecule has 0 aliphatic carbocycles. The summed E-state index contributed by atoms with van der Waals surface area (Å²) in [5.74, 6) is 0. The van der Waals surface area contributed by atoms with Crippen LogP contribution in [0.2, 0.25) is 0 Å². The fourth-order valence-corrected chi connectivity index (χ4v) is 3.26. The van der Waals surface area contributed by atoms with E-state index in [9.17, 15) is 0 Å². The monoisotopic (exact) mass is 277 g/mol. The second-order valence-electron chi connectivity index (χ2n) is 5.00. The van der Waals surface area contributed by atoms with Gasteiger partial charge in [0.1, 0.15) is 0 Å². The van der Waals surface area contributed by atoms with E-state index >= 15 is 0 Å². The van der Waals surface area contributed by atoms with E-state index in [1.54, 1.807) is 11.3 Å². The zero-order chi connectivity index (χ0) is 13.7. The summed E-state index contributed by atoms with van der Waals surface area (Å²) in [5, 5.41) is 12.4. The van der Waals surface area contributed by atoms with Crippen molar-refractivity contribution in [2.24, 2.45) is 7.05 Å². The first-order valence-electron chi connectivity index (χ1n) is 6.95. The molecule has 0 bridgehead atoms. The minimum Gasteiger partial charge on any atom is -0.310 e. The Morgan fingerprint density at radius 2 is 2.26 bits per heavy atom. The molecule has 0 fully saturated rings. The van der Waals surface area contributed by atoms with Crippen molar-refractivity contribution in [2.45, 2.75) is 39.2 Å². The van der Waals surface area contributed by atoms with Crippen LogP contribution in [0.1, 0.15) is 42.6 Å². The molecule has 0 amide bonds. The van der Waals surface area contributed by atoms with Gasteiger partial charge in [-0.1, -0.05) is 6.92 Å². The summed E-state index contributed by atoms with van der Waals surface area (Å²) >= 11 is 1.80. The molecule has 2 aromatic rings. The first-order chi connectivity index (χ1) is 9.22. The number of nitrogens with one attached hydrogen (secondary N) is 1. The first kappa shape index (κ1) is 14.3. The highest BCUT2D eigenvalue weighted by Gasteiger charge is 2.14. The van der Waals surface area contributed by atoms with E-state index in [0.717, 1.165) is 19.4 Å². The number of nitrogens with zero attached hydrogens (tertiary/aromatic N) is 2. The van der Waals surface area contributed by atoms with Crippen molar-refractivity contribution >= 4 is 11.3 Å². The largest absolute Gasteiger partial charge is 0.310 e. The Morgan fingerprint density at radius 1 is 1.42 bits per heavy atom. The fourth-order valence-electron chi connectivity index (χ4n) is 2.35. The predicted molar refractivity (Wildman–Crippen MR) is 81.6 cm³/mol. The molecule has 0 spiro atoms. The van der Waals surface area contributed by atoms with Gasteiger partial charge in [0.2, 0.25) is 0 Å². The lowest BCUT2D eigenvalue weighted by Gasteiger charge is -2.19. The molecule has 4 heteroatoms. The smallest absolute Gasteiger partial charge is 0.0492 e. The van der Waals surface area contributed by atoms with Gasteiger partial charge >= 0.3 is 0 Å². The van der Waals surface area contributed by atoms with E-state index in [4.69, 9.17) is 0 Å². The normalized spacial score (nSPS) is 12.8. The fraction of sp³-hybridized carbons (Fsp3) is 0.533. The molecule has 1 unspecified atom stereocenters. The van der Waals surface area contributed by atoms with Gasteiger partial charge in [0, 0.05) is 25.0 Å². The lowest BCUT2D eigenvalue weighted by molar-refractivity contribution is 0.491. The van der Waals surface area contributed by atoms with E-state index in [1.807, 2.05) is 17.9 Å². The van der Waals surface area contributed by atoms with Crippen LogP contribution in [-0.4, -0.2) is 16.3 Å². The van der Waals surface area contributed by atoms with Gasteiger partial charge in [-0.15, -0.1) is 0 Å². The van der Waals surface area contributed by atoms with Crippen molar-refractivity contribution in [2.75, 3.05) is 6.54 Å². The van der Waals surface area contributed by atoms with Gasteiger partial charge in [0.25, 0.3) is 0 Å². The molecule has 2 heterocycles. The van der Waals surface area contributed by atoms with Crippen LogP contribution in [0.4, 0.5) is 0 Å². The average Bonchev–Trinajstić information content (AvgIpc) is 2.99. The Labute approximate surface area is 119 Å². The summed E-state index contributed by atoms with van der Waals surface area (Å²) in [5.41, 5.74) is 4.17. The molecule has 1 N–H and O–H groups in total. The predicted octanol–water partition coefficient (Wildman–Crippen LogP) is 3.46. The summed E-state index contributed by atoms with van der Waals surface area (Å²) in [6.45, 7) is 5.49. The Morgan fingerprint density at radius 3 is 2.84 bits per heavy atom. The van der Waals surface area contributed by atoms with Gasteiger partial charge in [-0.25, -0.2) is 0 Å². The Kier molecular flexibility index (Phi) is 5.16. The molecule has 0 aromatic carbocycles. The van der Waals surface area contributed by atoms with Crippen LogP contribution < -0.4 is 5.32 Å². The minimum atomic E-state index is 0.459. The topological polar surface area (TPSA) is 29.9 Å². The van der Waals surface area contributed by atoms with Crippen molar-refractivity contribution < 1.29 is 0 Å². The summed E-state index contributed by atoms with van der Waals surface area (Å²) in [6, 6.07) is 2.57. The van der Waals surface area contributed by atoms with Crippen molar-refractivity contribution in [3.05, 3.63) is 39.8 Å². The van der Waals surface area contributed by atoms with E-state index in [0.29, 0.717) is 6.04 Å². The summed E-state index contributed by atoms with van der Waals surface area (Å²) in [6.07, 6.45) is 5.23. The lowest BCUT2D eigenvalue weighted by atomic mass is 10.0. The second kappa shape index (κ2) is 6.87. The molecule has 0 saturated carbocycles. The van der Waals surface area contributed by atoms with Gasteiger partial charge in [0.05, 0.1) is 0 Å². The van der Waals surface area contributed by atoms with E-state index in [1.165, 1.54) is 23.2 Å². The van der Waals surface area contributed by atoms with Gasteiger partial charge < -0.3 is 5.32 Å². The second-order valence-corrected chi connectivity index (χ2v) is 5.75. The summed E-state index contributed by atoms with van der Waals surface area (Å²) in [7, 11) is 2.01. The zero-order valence-electron chi connectivity index (χ0n) is 12.0. The molecular weight excluding hydrogens is 254 g/mol. The van der Waals surface area contributed by atoms with Crippen molar-refractivity contribution in [1.29, 1.82) is 0 Å². The van der Waals surface area contributed by atoms with Crippen molar-refractivity contribution in [1.82, 2.24) is 15.1 Å². The van der Waals surface area contributed by atoms with Gasteiger partial charge in [-0.2, -0.15) is 16.4 Å². The van der Waals surface area contributed by atoms with Gasteiger partial charge in [-0.3, -0.25) is 4.68 Å². The van der Waals surface area contributed by atoms with E-state index in [2.05, 4.69) is 41.1 Å². The highest BCUT2D eigenvalue weighted by atomic mass is 32.1. The van der Waals surface area contributed by atoms with Crippen molar-refractivity contribution in [3.63, 3.8) is 0 Å². The van der Waals surface area contributed by atoms with Crippen LogP contribution in [0.3, 0.4) is 0 Å². The van der Waals surface area contributed by atoms with Crippen LogP contribution in [0.15, 0.2) is 23.0 Å². The Hall–Kier alpha value is -1.13. The van der Waals surface area contributed by atoms with Gasteiger partial charge in [0.15, 0.2) is 0 Å². The quantitative estimate of drug-likeness (QED) is 0.840. The molecule has 1 atom stereocenters. The lowest BCUT2D eigenvalue weighted by Crippen LogP contribution is -2.23. The Bertz CT molecular complexity index is 501. The van der Waals surface area contributed by atoms with Crippen LogP contribution in [0.25, 0.3) is 0 Å². The molecule has 2 rings (SSSR count). The van der Waals surface area contributed by atoms with Crippen molar-refractivity contribution in [3.8, 4) is 0 Å². The number of rotatable bonds is 7. The van der Waals surface area contributed by atoms with Crippen LogP contribution in [0.5, 0.6) is 0 Å². The maximum Gasteiger partial charge on any atom is 0.0492 e. The molecule has 0 aliphatic rings. The number of aromatic nitrogens is 2. The number of thiophene rings is 1. The zero-order valence-corrected chi connectivity index (χ0v) is 12.8. The van der Waals surface area contributed by atoms with E-state index < -0.39 is 0 Å². The molecule has 0 radical (unpaired) electrons. The molecule has 3 nitrogen and oxygen atoms in total. The maximum absolute atomic E-state index is 4.24. The highest BCUT2D eigenvalue weighted by molar-refractivity contribution is 7.08. The third-order valence-corrected chi connectivity index (χ3v) is 4.40. The average molecular weight is 277 g/mol. The molecule has 104 valence electrons. The molecule has 19 heavy (non-hydrogen) atoms. The number of hydrogen-bond acceptors (Lipinski definition) is 3. The summed E-state index contributed by atoms with van der Waals surface area (Å²) < 4.78 is 1.97. The maximum atomic E-state index is 4.24. The first-order valence-corrected chi connectivity index (χ1v) is 7.89. The SMILES string of the molecule is CCCNC(CCc1ccnn1C)c1cscc1C. The van der Waals surface area contributed by atoms with Gasteiger partial charge in [-0.05, 0) is 60.7 Å². The molecule has 0 aliphatic heterocycles.